The fraction of sp³-hybridized carbons (Fsp3) is 0.688. The number of carbonyl (C=O) groups is 1. The standard InChI is InChI=1S/C16H22N2O3/c1-15(2)10-5-6-16(15,3)12(7-10)21-13-9-17-11(8-18-13)14(19)20-4/h8-10,12H,5-7H2,1-4H3. The summed E-state index contributed by atoms with van der Waals surface area (Å²) in [5.74, 6) is 0.717. The summed E-state index contributed by atoms with van der Waals surface area (Å²) in [5, 5.41) is 0. The lowest BCUT2D eigenvalue weighted by molar-refractivity contribution is 0.0270. The van der Waals surface area contributed by atoms with E-state index in [4.69, 9.17) is 4.74 Å². The van der Waals surface area contributed by atoms with Crippen LogP contribution in [0.3, 0.4) is 0 Å². The van der Waals surface area contributed by atoms with Crippen molar-refractivity contribution in [3.63, 3.8) is 0 Å². The number of hydrogen-bond donors (Lipinski definition) is 0. The Morgan fingerprint density at radius 1 is 1.29 bits per heavy atom. The third kappa shape index (κ3) is 2.01. The number of aromatic nitrogens is 2. The molecule has 3 rings (SSSR count). The van der Waals surface area contributed by atoms with E-state index >= 15 is 0 Å². The van der Waals surface area contributed by atoms with Crippen LogP contribution in [0.1, 0.15) is 50.5 Å². The van der Waals surface area contributed by atoms with Gasteiger partial charge in [-0.1, -0.05) is 20.8 Å². The Morgan fingerprint density at radius 2 is 2.05 bits per heavy atom. The molecule has 3 unspecified atom stereocenters. The molecule has 2 fully saturated rings. The first-order valence-electron chi connectivity index (χ1n) is 7.45. The Kier molecular flexibility index (Phi) is 3.19. The van der Waals surface area contributed by atoms with Crippen molar-refractivity contribution in [1.82, 2.24) is 9.97 Å². The molecule has 2 saturated carbocycles. The molecule has 0 radical (unpaired) electrons. The van der Waals surface area contributed by atoms with E-state index in [1.54, 1.807) is 0 Å². The van der Waals surface area contributed by atoms with Crippen LogP contribution in [0.5, 0.6) is 5.88 Å². The first-order valence-corrected chi connectivity index (χ1v) is 7.45. The smallest absolute Gasteiger partial charge is 0.358 e. The van der Waals surface area contributed by atoms with E-state index in [2.05, 4.69) is 35.5 Å². The van der Waals surface area contributed by atoms with Crippen LogP contribution in [0, 0.1) is 16.7 Å². The molecular formula is C16H22N2O3. The second-order valence-corrected chi connectivity index (χ2v) is 6.95. The van der Waals surface area contributed by atoms with Gasteiger partial charge in [0.1, 0.15) is 6.10 Å². The molecule has 1 aromatic heterocycles. The number of methoxy groups -OCH3 is 1. The number of rotatable bonds is 3. The molecule has 5 heteroatoms. The predicted octanol–water partition coefficient (Wildman–Crippen LogP) is 2.86. The minimum atomic E-state index is -0.484. The van der Waals surface area contributed by atoms with Gasteiger partial charge in [-0.05, 0) is 30.6 Å². The molecule has 0 aromatic carbocycles. The maximum absolute atomic E-state index is 11.3. The average molecular weight is 290 g/mol. The molecular weight excluding hydrogens is 268 g/mol. The van der Waals surface area contributed by atoms with Crippen LogP contribution in [0.15, 0.2) is 12.4 Å². The van der Waals surface area contributed by atoms with Crippen LogP contribution in [0.2, 0.25) is 0 Å². The van der Waals surface area contributed by atoms with Crippen LogP contribution < -0.4 is 4.74 Å². The summed E-state index contributed by atoms with van der Waals surface area (Å²) in [5.41, 5.74) is 0.682. The van der Waals surface area contributed by atoms with E-state index in [9.17, 15) is 4.79 Å². The number of hydrogen-bond acceptors (Lipinski definition) is 5. The molecule has 0 saturated heterocycles. The van der Waals surface area contributed by atoms with Crippen LogP contribution in [0.25, 0.3) is 0 Å². The highest BCUT2D eigenvalue weighted by Crippen LogP contribution is 2.66. The molecule has 1 aromatic rings. The summed E-state index contributed by atoms with van der Waals surface area (Å²) in [6.45, 7) is 7.01. The lowest BCUT2D eigenvalue weighted by Gasteiger charge is -2.38. The quantitative estimate of drug-likeness (QED) is 0.801. The Morgan fingerprint density at radius 3 is 2.52 bits per heavy atom. The highest BCUT2D eigenvalue weighted by Gasteiger charge is 2.62. The van der Waals surface area contributed by atoms with E-state index in [1.165, 1.54) is 32.3 Å². The van der Waals surface area contributed by atoms with Crippen molar-refractivity contribution in [3.05, 3.63) is 18.1 Å². The average Bonchev–Trinajstić information content (AvgIpc) is 2.80. The molecule has 0 amide bonds. The topological polar surface area (TPSA) is 61.3 Å². The van der Waals surface area contributed by atoms with E-state index in [0.717, 1.165) is 12.3 Å². The van der Waals surface area contributed by atoms with Crippen molar-refractivity contribution in [3.8, 4) is 5.88 Å². The third-order valence-electron chi connectivity index (χ3n) is 6.00. The van der Waals surface area contributed by atoms with Gasteiger partial charge in [0.15, 0.2) is 5.69 Å². The first kappa shape index (κ1) is 14.3. The molecule has 0 aliphatic heterocycles. The molecule has 2 bridgehead atoms. The maximum atomic E-state index is 11.3. The molecule has 0 spiro atoms. The highest BCUT2D eigenvalue weighted by atomic mass is 16.5. The van der Waals surface area contributed by atoms with Crippen molar-refractivity contribution in [2.75, 3.05) is 7.11 Å². The van der Waals surface area contributed by atoms with Crippen molar-refractivity contribution >= 4 is 5.97 Å². The van der Waals surface area contributed by atoms with Gasteiger partial charge in [0.05, 0.1) is 19.5 Å². The minimum absolute atomic E-state index is 0.171. The van der Waals surface area contributed by atoms with Crippen molar-refractivity contribution in [2.45, 2.75) is 46.1 Å². The van der Waals surface area contributed by atoms with Crippen LogP contribution in [-0.2, 0) is 4.74 Å². The molecule has 0 N–H and O–H groups in total. The van der Waals surface area contributed by atoms with E-state index in [-0.39, 0.29) is 17.2 Å². The van der Waals surface area contributed by atoms with Gasteiger partial charge >= 0.3 is 5.97 Å². The van der Waals surface area contributed by atoms with E-state index < -0.39 is 5.97 Å². The lowest BCUT2D eigenvalue weighted by atomic mass is 9.70. The number of carbonyl (C=O) groups excluding carboxylic acids is 1. The molecule has 3 atom stereocenters. The van der Waals surface area contributed by atoms with Gasteiger partial charge in [-0.25, -0.2) is 14.8 Å². The lowest BCUT2D eigenvalue weighted by Crippen LogP contribution is -2.39. The van der Waals surface area contributed by atoms with Gasteiger partial charge in [0, 0.05) is 5.41 Å². The zero-order valence-corrected chi connectivity index (χ0v) is 13.0. The van der Waals surface area contributed by atoms with Crippen LogP contribution >= 0.6 is 0 Å². The van der Waals surface area contributed by atoms with E-state index in [1.807, 2.05) is 0 Å². The summed E-state index contributed by atoms with van der Waals surface area (Å²) in [7, 11) is 1.33. The number of ether oxygens (including phenoxy) is 2. The second-order valence-electron chi connectivity index (χ2n) is 6.95. The molecule has 5 nitrogen and oxygen atoms in total. The summed E-state index contributed by atoms with van der Waals surface area (Å²) < 4.78 is 10.7. The predicted molar refractivity (Wildman–Crippen MR) is 77.0 cm³/mol. The number of nitrogens with zero attached hydrogens (tertiary/aromatic N) is 2. The fourth-order valence-corrected chi connectivity index (χ4v) is 4.04. The largest absolute Gasteiger partial charge is 0.473 e. The molecule has 1 heterocycles. The van der Waals surface area contributed by atoms with E-state index in [0.29, 0.717) is 11.3 Å². The zero-order valence-electron chi connectivity index (χ0n) is 13.0. The Hall–Kier alpha value is -1.65. The van der Waals surface area contributed by atoms with Gasteiger partial charge in [-0.15, -0.1) is 0 Å². The SMILES string of the molecule is COC(=O)c1cnc(OC2CC3CCC2(C)C3(C)C)cn1. The number of fused-ring (bicyclic) bond motifs is 2. The second kappa shape index (κ2) is 4.68. The molecule has 21 heavy (non-hydrogen) atoms. The minimum Gasteiger partial charge on any atom is -0.473 e. The summed E-state index contributed by atoms with van der Waals surface area (Å²) in [6, 6.07) is 0. The van der Waals surface area contributed by atoms with Crippen molar-refractivity contribution in [2.24, 2.45) is 16.7 Å². The van der Waals surface area contributed by atoms with Gasteiger partial charge < -0.3 is 9.47 Å². The third-order valence-corrected chi connectivity index (χ3v) is 6.00. The Balaban J connectivity index is 1.75. The van der Waals surface area contributed by atoms with Crippen molar-refractivity contribution in [1.29, 1.82) is 0 Å². The number of esters is 1. The van der Waals surface area contributed by atoms with Crippen molar-refractivity contribution < 1.29 is 14.3 Å². The first-order chi connectivity index (χ1) is 9.88. The fourth-order valence-electron chi connectivity index (χ4n) is 4.04. The molecule has 2 aliphatic rings. The summed E-state index contributed by atoms with van der Waals surface area (Å²) >= 11 is 0. The normalized spacial score (nSPS) is 33.0. The van der Waals surface area contributed by atoms with Crippen LogP contribution in [-0.4, -0.2) is 29.2 Å². The highest BCUT2D eigenvalue weighted by molar-refractivity contribution is 5.86. The Labute approximate surface area is 125 Å². The van der Waals surface area contributed by atoms with Crippen LogP contribution in [0.4, 0.5) is 0 Å². The molecule has 2 aliphatic carbocycles. The monoisotopic (exact) mass is 290 g/mol. The summed E-state index contributed by atoms with van der Waals surface area (Å²) in [6.07, 6.45) is 6.64. The maximum Gasteiger partial charge on any atom is 0.358 e. The van der Waals surface area contributed by atoms with Gasteiger partial charge in [0.2, 0.25) is 5.88 Å². The van der Waals surface area contributed by atoms with Gasteiger partial charge in [-0.2, -0.15) is 0 Å². The summed E-state index contributed by atoms with van der Waals surface area (Å²) in [4.78, 5) is 19.6. The molecule has 114 valence electrons. The zero-order chi connectivity index (χ0) is 15.3. The van der Waals surface area contributed by atoms with Gasteiger partial charge in [0.25, 0.3) is 0 Å². The Bertz CT molecular complexity index is 555. The van der Waals surface area contributed by atoms with Gasteiger partial charge in [-0.3, -0.25) is 0 Å².